The van der Waals surface area contributed by atoms with E-state index in [1.807, 2.05) is 42.9 Å². The van der Waals surface area contributed by atoms with E-state index in [0.717, 1.165) is 54.3 Å². The van der Waals surface area contributed by atoms with Crippen molar-refractivity contribution in [3.63, 3.8) is 0 Å². The van der Waals surface area contributed by atoms with Gasteiger partial charge in [0.15, 0.2) is 5.96 Å². The summed E-state index contributed by atoms with van der Waals surface area (Å²) in [7, 11) is 1.08. The zero-order chi connectivity index (χ0) is 19.9. The highest BCUT2D eigenvalue weighted by atomic mass is 32.2. The summed E-state index contributed by atoms with van der Waals surface area (Å²) in [4.78, 5) is 4.39. The number of hydrogen-bond acceptors (Lipinski definition) is 3. The van der Waals surface area contributed by atoms with E-state index in [2.05, 4.69) is 32.9 Å². The molecule has 1 aromatic carbocycles. The molecule has 1 aliphatic rings. The number of benzene rings is 1. The Morgan fingerprint density at radius 2 is 2.14 bits per heavy atom. The molecule has 28 heavy (non-hydrogen) atoms. The largest absolute Gasteiger partial charge is 0.354 e. The fourth-order valence-electron chi connectivity index (χ4n) is 3.75. The molecule has 6 nitrogen and oxygen atoms in total. The van der Waals surface area contributed by atoms with Gasteiger partial charge >= 0.3 is 0 Å². The van der Waals surface area contributed by atoms with Crippen LogP contribution in [0.1, 0.15) is 43.9 Å². The van der Waals surface area contributed by atoms with Gasteiger partial charge in [-0.05, 0) is 43.9 Å². The first-order valence-corrected chi connectivity index (χ1v) is 11.4. The van der Waals surface area contributed by atoms with Crippen LogP contribution >= 0.6 is 0 Å². The van der Waals surface area contributed by atoms with Crippen LogP contribution < -0.4 is 10.6 Å². The molecule has 0 radical (unpaired) electrons. The Morgan fingerprint density at radius 1 is 1.32 bits per heavy atom. The summed E-state index contributed by atoms with van der Waals surface area (Å²) in [6.45, 7) is 4.66. The maximum absolute atomic E-state index is 12.2. The Balaban J connectivity index is 1.61. The SMILES string of the molecule is CCS(=O)C1CCCC(NC(=NC)NCc2ccccc2-n2ccc(C)n2)C1. The van der Waals surface area contributed by atoms with Crippen LogP contribution in [0, 0.1) is 6.92 Å². The number of nitrogens with zero attached hydrogens (tertiary/aromatic N) is 3. The second-order valence-corrected chi connectivity index (χ2v) is 9.26. The van der Waals surface area contributed by atoms with Crippen molar-refractivity contribution < 1.29 is 4.21 Å². The van der Waals surface area contributed by atoms with Gasteiger partial charge in [-0.3, -0.25) is 9.20 Å². The number of para-hydroxylation sites is 1. The molecule has 0 spiro atoms. The number of guanidine groups is 1. The monoisotopic (exact) mass is 401 g/mol. The lowest BCUT2D eigenvalue weighted by Gasteiger charge is -2.30. The fourth-order valence-corrected chi connectivity index (χ4v) is 5.10. The van der Waals surface area contributed by atoms with Crippen LogP contribution in [0.2, 0.25) is 0 Å². The van der Waals surface area contributed by atoms with E-state index in [-0.39, 0.29) is 0 Å². The average molecular weight is 402 g/mol. The number of aryl methyl sites for hydroxylation is 1. The number of nitrogens with one attached hydrogen (secondary N) is 2. The van der Waals surface area contributed by atoms with E-state index >= 15 is 0 Å². The van der Waals surface area contributed by atoms with Crippen molar-refractivity contribution in [3.8, 4) is 5.69 Å². The first kappa shape index (κ1) is 20.6. The third-order valence-corrected chi connectivity index (χ3v) is 6.99. The standard InChI is InChI=1S/C21H31N5OS/c1-4-28(27)19-10-7-9-18(14-19)24-21(22-3)23-15-17-8-5-6-11-20(17)26-13-12-16(2)25-26/h5-6,8,11-13,18-19H,4,7,9-10,14-15H2,1-3H3,(H2,22,23,24). The number of aromatic nitrogens is 2. The van der Waals surface area contributed by atoms with Crippen molar-refractivity contribution in [2.45, 2.75) is 57.4 Å². The molecule has 1 aromatic heterocycles. The average Bonchev–Trinajstić information content (AvgIpc) is 3.17. The first-order valence-electron chi connectivity index (χ1n) is 10.1. The van der Waals surface area contributed by atoms with Gasteiger partial charge in [0.25, 0.3) is 0 Å². The zero-order valence-electron chi connectivity index (χ0n) is 17.0. The van der Waals surface area contributed by atoms with Crippen molar-refractivity contribution in [1.82, 2.24) is 20.4 Å². The Labute approximate surface area is 170 Å². The summed E-state index contributed by atoms with van der Waals surface area (Å²) in [6.07, 6.45) is 6.22. The minimum atomic E-state index is -0.717. The molecule has 3 rings (SSSR count). The Morgan fingerprint density at radius 3 is 2.86 bits per heavy atom. The van der Waals surface area contributed by atoms with Crippen LogP contribution in [0.4, 0.5) is 0 Å². The van der Waals surface area contributed by atoms with Gasteiger partial charge in [-0.25, -0.2) is 4.68 Å². The van der Waals surface area contributed by atoms with Crippen molar-refractivity contribution in [2.24, 2.45) is 4.99 Å². The van der Waals surface area contributed by atoms with Crippen molar-refractivity contribution >= 4 is 16.8 Å². The van der Waals surface area contributed by atoms with Crippen molar-refractivity contribution in [3.05, 3.63) is 47.8 Å². The molecule has 2 N–H and O–H groups in total. The van der Waals surface area contributed by atoms with Crippen LogP contribution in [0.25, 0.3) is 5.69 Å². The van der Waals surface area contributed by atoms with Gasteiger partial charge in [0.1, 0.15) is 0 Å². The highest BCUT2D eigenvalue weighted by Crippen LogP contribution is 2.23. The molecule has 7 heteroatoms. The molecule has 1 fully saturated rings. The summed E-state index contributed by atoms with van der Waals surface area (Å²) < 4.78 is 14.1. The van der Waals surface area contributed by atoms with Gasteiger partial charge in [-0.15, -0.1) is 0 Å². The molecule has 1 heterocycles. The molecule has 2 aromatic rings. The van der Waals surface area contributed by atoms with E-state index in [9.17, 15) is 4.21 Å². The molecule has 1 saturated carbocycles. The highest BCUT2D eigenvalue weighted by Gasteiger charge is 2.26. The van der Waals surface area contributed by atoms with E-state index in [1.54, 1.807) is 7.05 Å². The van der Waals surface area contributed by atoms with Gasteiger partial charge in [-0.1, -0.05) is 31.5 Å². The molecule has 0 amide bonds. The third-order valence-electron chi connectivity index (χ3n) is 5.25. The first-order chi connectivity index (χ1) is 13.6. The number of hydrogen-bond donors (Lipinski definition) is 2. The molecule has 152 valence electrons. The molecule has 0 bridgehead atoms. The molecule has 3 atom stereocenters. The minimum Gasteiger partial charge on any atom is -0.354 e. The summed E-state index contributed by atoms with van der Waals surface area (Å²) in [5.41, 5.74) is 3.22. The summed E-state index contributed by atoms with van der Waals surface area (Å²) in [6, 6.07) is 10.6. The number of rotatable bonds is 6. The smallest absolute Gasteiger partial charge is 0.191 e. The van der Waals surface area contributed by atoms with Crippen LogP contribution in [0.5, 0.6) is 0 Å². The topological polar surface area (TPSA) is 71.3 Å². The normalized spacial score (nSPS) is 21.3. The van der Waals surface area contributed by atoms with Crippen molar-refractivity contribution in [1.29, 1.82) is 0 Å². The van der Waals surface area contributed by atoms with Crippen LogP contribution in [0.15, 0.2) is 41.5 Å². The molecule has 3 unspecified atom stereocenters. The van der Waals surface area contributed by atoms with Gasteiger partial charge < -0.3 is 10.6 Å². The van der Waals surface area contributed by atoms with E-state index in [4.69, 9.17) is 0 Å². The van der Waals surface area contributed by atoms with Gasteiger partial charge in [0.2, 0.25) is 0 Å². The van der Waals surface area contributed by atoms with Gasteiger partial charge in [-0.2, -0.15) is 5.10 Å². The fraction of sp³-hybridized carbons (Fsp3) is 0.524. The van der Waals surface area contributed by atoms with Gasteiger partial charge in [0, 0.05) is 47.6 Å². The van der Waals surface area contributed by atoms with Gasteiger partial charge in [0.05, 0.1) is 11.4 Å². The van der Waals surface area contributed by atoms with E-state index in [0.29, 0.717) is 17.8 Å². The second-order valence-electron chi connectivity index (χ2n) is 7.26. The van der Waals surface area contributed by atoms with E-state index < -0.39 is 10.8 Å². The predicted octanol–water partition coefficient (Wildman–Crippen LogP) is 2.93. The molecule has 0 saturated heterocycles. The van der Waals surface area contributed by atoms with Crippen LogP contribution in [0.3, 0.4) is 0 Å². The van der Waals surface area contributed by atoms with Crippen LogP contribution in [-0.4, -0.2) is 44.0 Å². The van der Waals surface area contributed by atoms with Crippen LogP contribution in [-0.2, 0) is 17.3 Å². The Hall–Kier alpha value is -2.15. The number of aliphatic imine (C=N–C) groups is 1. The predicted molar refractivity (Wildman–Crippen MR) is 116 cm³/mol. The van der Waals surface area contributed by atoms with Crippen molar-refractivity contribution in [2.75, 3.05) is 12.8 Å². The maximum atomic E-state index is 12.2. The lowest BCUT2D eigenvalue weighted by Crippen LogP contribution is -2.46. The quantitative estimate of drug-likeness (QED) is 0.577. The summed E-state index contributed by atoms with van der Waals surface area (Å²) in [5, 5.41) is 11.8. The Bertz CT molecular complexity index is 832. The van der Waals surface area contributed by atoms with E-state index in [1.165, 1.54) is 0 Å². The maximum Gasteiger partial charge on any atom is 0.191 e. The lowest BCUT2D eigenvalue weighted by atomic mass is 9.95. The summed E-state index contributed by atoms with van der Waals surface area (Å²) in [5.74, 6) is 1.54. The molecular weight excluding hydrogens is 370 g/mol. The molecule has 0 aliphatic heterocycles. The molecular formula is C21H31N5OS. The highest BCUT2D eigenvalue weighted by molar-refractivity contribution is 7.85. The molecule has 1 aliphatic carbocycles. The Kier molecular flexibility index (Phi) is 7.25. The lowest BCUT2D eigenvalue weighted by molar-refractivity contribution is 0.413. The third kappa shape index (κ3) is 5.22. The summed E-state index contributed by atoms with van der Waals surface area (Å²) >= 11 is 0. The second kappa shape index (κ2) is 9.87. The zero-order valence-corrected chi connectivity index (χ0v) is 17.8. The minimum absolute atomic E-state index is 0.304.